The second-order valence-electron chi connectivity index (χ2n) is 4.88. The smallest absolute Gasteiger partial charge is 0.341 e. The Balaban J connectivity index is 2.05. The molecule has 1 heterocycles. The summed E-state index contributed by atoms with van der Waals surface area (Å²) in [6.07, 6.45) is 1.90. The van der Waals surface area contributed by atoms with E-state index in [1.807, 2.05) is 6.92 Å². The summed E-state index contributed by atoms with van der Waals surface area (Å²) < 4.78 is 52.8. The molecule has 1 fully saturated rings. The molecular weight excluding hydrogens is 288 g/mol. The van der Waals surface area contributed by atoms with E-state index in [4.69, 9.17) is 4.74 Å². The van der Waals surface area contributed by atoms with Crippen molar-refractivity contribution in [3.8, 4) is 0 Å². The van der Waals surface area contributed by atoms with Crippen molar-refractivity contribution >= 4 is 15.5 Å². The highest BCUT2D eigenvalue weighted by molar-refractivity contribution is 7.91. The maximum Gasteiger partial charge on any atom is 0.341 e. The van der Waals surface area contributed by atoms with E-state index >= 15 is 0 Å². The zero-order valence-corrected chi connectivity index (χ0v) is 11.9. The maximum atomic E-state index is 12.4. The zero-order valence-electron chi connectivity index (χ0n) is 11.1. The molecule has 0 bridgehead atoms. The lowest BCUT2D eigenvalue weighted by Gasteiger charge is -2.28. The van der Waals surface area contributed by atoms with E-state index in [0.29, 0.717) is 6.61 Å². The van der Waals surface area contributed by atoms with Crippen LogP contribution in [0.4, 0.5) is 14.5 Å². The van der Waals surface area contributed by atoms with Crippen LogP contribution < -0.4 is 5.32 Å². The first-order valence-electron chi connectivity index (χ1n) is 6.40. The van der Waals surface area contributed by atoms with Crippen molar-refractivity contribution in [1.29, 1.82) is 0 Å². The maximum absolute atomic E-state index is 12.4. The predicted octanol–water partition coefficient (Wildman–Crippen LogP) is 2.66. The molecule has 2 rings (SSSR count). The number of sulfone groups is 1. The molecule has 0 spiro atoms. The number of nitrogens with one attached hydrogen (secondary N) is 1. The fourth-order valence-corrected chi connectivity index (χ4v) is 2.93. The largest absolute Gasteiger partial charge is 0.382 e. The van der Waals surface area contributed by atoms with E-state index < -0.39 is 15.6 Å². The second-order valence-corrected chi connectivity index (χ2v) is 6.79. The number of benzene rings is 1. The van der Waals surface area contributed by atoms with Gasteiger partial charge in [0, 0.05) is 18.3 Å². The standard InChI is InChI=1S/C13H17F2NO3S/c1-9-8-11(6-7-19-9)16-10-2-4-12(5-3-10)20(17,18)13(14)15/h2-5,9,11,13,16H,6-8H2,1H3. The first kappa shape index (κ1) is 15.2. The lowest BCUT2D eigenvalue weighted by molar-refractivity contribution is 0.0232. The molecule has 1 saturated heterocycles. The summed E-state index contributed by atoms with van der Waals surface area (Å²) in [5.41, 5.74) is 0.720. The summed E-state index contributed by atoms with van der Waals surface area (Å²) in [6.45, 7) is 2.67. The molecule has 0 amide bonds. The summed E-state index contributed by atoms with van der Waals surface area (Å²) in [6, 6.07) is 5.67. The molecule has 1 N–H and O–H groups in total. The van der Waals surface area contributed by atoms with Crippen LogP contribution in [0.15, 0.2) is 29.2 Å². The molecule has 1 aliphatic heterocycles. The van der Waals surface area contributed by atoms with Crippen LogP contribution in [0.25, 0.3) is 0 Å². The van der Waals surface area contributed by atoms with Crippen molar-refractivity contribution in [3.63, 3.8) is 0 Å². The van der Waals surface area contributed by atoms with Gasteiger partial charge < -0.3 is 10.1 Å². The van der Waals surface area contributed by atoms with Gasteiger partial charge in [-0.15, -0.1) is 0 Å². The number of anilines is 1. The van der Waals surface area contributed by atoms with Gasteiger partial charge in [0.25, 0.3) is 0 Å². The Bertz CT molecular complexity index is 545. The average molecular weight is 305 g/mol. The molecule has 2 unspecified atom stereocenters. The van der Waals surface area contributed by atoms with Gasteiger partial charge >= 0.3 is 5.76 Å². The van der Waals surface area contributed by atoms with Crippen LogP contribution >= 0.6 is 0 Å². The summed E-state index contributed by atoms with van der Waals surface area (Å²) in [4.78, 5) is -0.363. The van der Waals surface area contributed by atoms with Crippen molar-refractivity contribution in [3.05, 3.63) is 24.3 Å². The predicted molar refractivity (Wildman–Crippen MR) is 71.7 cm³/mol. The van der Waals surface area contributed by atoms with Crippen molar-refractivity contribution in [2.75, 3.05) is 11.9 Å². The van der Waals surface area contributed by atoms with Crippen molar-refractivity contribution in [2.24, 2.45) is 0 Å². The van der Waals surface area contributed by atoms with Gasteiger partial charge in [0.1, 0.15) is 0 Å². The molecule has 1 aromatic carbocycles. The Morgan fingerprint density at radius 1 is 1.30 bits per heavy atom. The molecule has 20 heavy (non-hydrogen) atoms. The van der Waals surface area contributed by atoms with Crippen molar-refractivity contribution in [1.82, 2.24) is 0 Å². The Labute approximate surface area is 117 Å². The van der Waals surface area contributed by atoms with Gasteiger partial charge in [0.2, 0.25) is 9.84 Å². The van der Waals surface area contributed by atoms with Crippen molar-refractivity contribution in [2.45, 2.75) is 42.6 Å². The Morgan fingerprint density at radius 2 is 1.95 bits per heavy atom. The number of rotatable bonds is 4. The monoisotopic (exact) mass is 305 g/mol. The number of halogens is 2. The number of alkyl halides is 2. The topological polar surface area (TPSA) is 55.4 Å². The van der Waals surface area contributed by atoms with Crippen LogP contribution in [0.1, 0.15) is 19.8 Å². The molecule has 0 saturated carbocycles. The van der Waals surface area contributed by atoms with Gasteiger partial charge in [0.05, 0.1) is 11.0 Å². The van der Waals surface area contributed by atoms with E-state index in [-0.39, 0.29) is 17.0 Å². The highest BCUT2D eigenvalue weighted by Crippen LogP contribution is 2.22. The summed E-state index contributed by atoms with van der Waals surface area (Å²) in [7, 11) is -4.52. The van der Waals surface area contributed by atoms with E-state index in [1.165, 1.54) is 24.3 Å². The first-order valence-corrected chi connectivity index (χ1v) is 7.94. The third kappa shape index (κ3) is 3.46. The van der Waals surface area contributed by atoms with Gasteiger partial charge in [-0.3, -0.25) is 0 Å². The highest BCUT2D eigenvalue weighted by atomic mass is 32.2. The zero-order chi connectivity index (χ0) is 14.8. The molecule has 0 aromatic heterocycles. The van der Waals surface area contributed by atoms with Gasteiger partial charge in [0.15, 0.2) is 0 Å². The van der Waals surface area contributed by atoms with E-state index in [2.05, 4.69) is 5.32 Å². The van der Waals surface area contributed by atoms with Crippen LogP contribution in [0.3, 0.4) is 0 Å². The van der Waals surface area contributed by atoms with Crippen LogP contribution in [-0.4, -0.2) is 32.9 Å². The third-order valence-electron chi connectivity index (χ3n) is 3.27. The SMILES string of the molecule is CC1CC(Nc2ccc(S(=O)(=O)C(F)F)cc2)CCO1. The molecule has 7 heteroatoms. The van der Waals surface area contributed by atoms with Crippen LogP contribution in [0, 0.1) is 0 Å². The molecule has 2 atom stereocenters. The number of ether oxygens (including phenoxy) is 1. The molecule has 0 radical (unpaired) electrons. The molecule has 1 aromatic rings. The van der Waals surface area contributed by atoms with Crippen molar-refractivity contribution < 1.29 is 21.9 Å². The molecular formula is C13H17F2NO3S. The van der Waals surface area contributed by atoms with E-state index in [0.717, 1.165) is 18.5 Å². The van der Waals surface area contributed by atoms with Gasteiger partial charge in [-0.25, -0.2) is 8.42 Å². The van der Waals surface area contributed by atoms with Crippen LogP contribution in [0.5, 0.6) is 0 Å². The average Bonchev–Trinajstić information content (AvgIpc) is 2.39. The van der Waals surface area contributed by atoms with Gasteiger partial charge in [-0.05, 0) is 44.0 Å². The summed E-state index contributed by atoms with van der Waals surface area (Å²) in [5, 5.41) is 3.26. The lowest BCUT2D eigenvalue weighted by Crippen LogP contribution is -2.32. The minimum Gasteiger partial charge on any atom is -0.382 e. The Hall–Kier alpha value is -1.21. The van der Waals surface area contributed by atoms with E-state index in [1.54, 1.807) is 0 Å². The number of hydrogen-bond donors (Lipinski definition) is 1. The lowest BCUT2D eigenvalue weighted by atomic mass is 10.0. The second kappa shape index (κ2) is 6.05. The molecule has 1 aliphatic rings. The third-order valence-corrected chi connectivity index (χ3v) is 4.67. The molecule has 0 aliphatic carbocycles. The fourth-order valence-electron chi connectivity index (χ4n) is 2.21. The van der Waals surface area contributed by atoms with Crippen LogP contribution in [-0.2, 0) is 14.6 Å². The summed E-state index contributed by atoms with van der Waals surface area (Å²) >= 11 is 0. The van der Waals surface area contributed by atoms with Gasteiger partial charge in [-0.2, -0.15) is 8.78 Å². The fraction of sp³-hybridized carbons (Fsp3) is 0.538. The highest BCUT2D eigenvalue weighted by Gasteiger charge is 2.26. The minimum absolute atomic E-state index is 0.180. The van der Waals surface area contributed by atoms with E-state index in [9.17, 15) is 17.2 Å². The minimum atomic E-state index is -4.52. The summed E-state index contributed by atoms with van der Waals surface area (Å²) in [5.74, 6) is -3.39. The normalized spacial score (nSPS) is 23.8. The van der Waals surface area contributed by atoms with Crippen LogP contribution in [0.2, 0.25) is 0 Å². The molecule has 4 nitrogen and oxygen atoms in total. The number of hydrogen-bond acceptors (Lipinski definition) is 4. The Kier molecular flexibility index (Phi) is 4.59. The quantitative estimate of drug-likeness (QED) is 0.929. The first-order chi connectivity index (χ1) is 9.39. The molecule has 112 valence electrons. The Morgan fingerprint density at radius 3 is 2.50 bits per heavy atom. The van der Waals surface area contributed by atoms with Gasteiger partial charge in [-0.1, -0.05) is 0 Å².